The molecule has 5 heteroatoms. The molecule has 0 atom stereocenters. The molecule has 0 spiro atoms. The first-order chi connectivity index (χ1) is 5.46. The van der Waals surface area contributed by atoms with Crippen molar-refractivity contribution in [1.29, 1.82) is 0 Å². The van der Waals surface area contributed by atoms with E-state index in [0.717, 1.165) is 0 Å². The van der Waals surface area contributed by atoms with E-state index in [1.54, 1.807) is 7.11 Å². The van der Waals surface area contributed by atoms with Gasteiger partial charge in [0.05, 0.1) is 7.11 Å². The topological polar surface area (TPSA) is 42.8 Å². The SMILES string of the molecule is COc1n[nH]c(=S)n1C(C)(C)C. The Morgan fingerprint density at radius 2 is 2.08 bits per heavy atom. The Bertz CT molecular complexity index is 320. The molecule has 1 aromatic heterocycles. The first-order valence-electron chi connectivity index (χ1n) is 3.68. The zero-order valence-corrected chi connectivity index (χ0v) is 8.53. The second kappa shape index (κ2) is 2.90. The lowest BCUT2D eigenvalue weighted by Crippen LogP contribution is -2.22. The smallest absolute Gasteiger partial charge is 0.316 e. The van der Waals surface area contributed by atoms with Gasteiger partial charge in [0.2, 0.25) is 0 Å². The Morgan fingerprint density at radius 3 is 2.42 bits per heavy atom. The van der Waals surface area contributed by atoms with E-state index in [0.29, 0.717) is 10.8 Å². The molecule has 0 saturated carbocycles. The van der Waals surface area contributed by atoms with Crippen molar-refractivity contribution < 1.29 is 4.74 Å². The molecule has 0 bridgehead atoms. The Labute approximate surface area is 76.6 Å². The second-order valence-electron chi connectivity index (χ2n) is 3.52. The summed E-state index contributed by atoms with van der Waals surface area (Å²) in [7, 11) is 1.58. The summed E-state index contributed by atoms with van der Waals surface area (Å²) in [6.45, 7) is 6.13. The number of methoxy groups -OCH3 is 1. The van der Waals surface area contributed by atoms with E-state index in [1.165, 1.54) is 0 Å². The number of rotatable bonds is 1. The number of hydrogen-bond donors (Lipinski definition) is 1. The van der Waals surface area contributed by atoms with Crippen LogP contribution in [0.2, 0.25) is 0 Å². The second-order valence-corrected chi connectivity index (χ2v) is 3.91. The summed E-state index contributed by atoms with van der Waals surface area (Å²) in [5, 5.41) is 6.61. The Morgan fingerprint density at radius 1 is 1.50 bits per heavy atom. The molecule has 0 fully saturated rings. The molecular formula is C7H13N3OS. The molecule has 68 valence electrons. The highest BCUT2D eigenvalue weighted by atomic mass is 32.1. The van der Waals surface area contributed by atoms with E-state index in [2.05, 4.69) is 10.2 Å². The largest absolute Gasteiger partial charge is 0.467 e. The number of nitrogens with one attached hydrogen (secondary N) is 1. The lowest BCUT2D eigenvalue weighted by atomic mass is 10.1. The van der Waals surface area contributed by atoms with Crippen LogP contribution in [0.25, 0.3) is 0 Å². The van der Waals surface area contributed by atoms with Gasteiger partial charge in [0.25, 0.3) is 0 Å². The monoisotopic (exact) mass is 187 g/mol. The lowest BCUT2D eigenvalue weighted by molar-refractivity contribution is 0.296. The molecule has 1 aromatic rings. The van der Waals surface area contributed by atoms with Crippen LogP contribution in [0.15, 0.2) is 0 Å². The van der Waals surface area contributed by atoms with E-state index in [9.17, 15) is 0 Å². The number of H-pyrrole nitrogens is 1. The van der Waals surface area contributed by atoms with Gasteiger partial charge in [-0.2, -0.15) is 0 Å². The van der Waals surface area contributed by atoms with E-state index < -0.39 is 0 Å². The Kier molecular flexibility index (Phi) is 2.23. The first kappa shape index (κ1) is 9.25. The summed E-state index contributed by atoms with van der Waals surface area (Å²) in [5.74, 6) is 0. The van der Waals surface area contributed by atoms with Crippen LogP contribution < -0.4 is 4.74 Å². The zero-order chi connectivity index (χ0) is 9.35. The molecule has 0 radical (unpaired) electrons. The predicted molar refractivity (Wildman–Crippen MR) is 49.0 cm³/mol. The molecule has 0 aliphatic heterocycles. The molecule has 0 aliphatic carbocycles. The van der Waals surface area contributed by atoms with Crippen LogP contribution in [0.5, 0.6) is 6.01 Å². The van der Waals surface area contributed by atoms with Crippen LogP contribution >= 0.6 is 12.2 Å². The summed E-state index contributed by atoms with van der Waals surface area (Å²) in [5.41, 5.74) is -0.102. The average molecular weight is 187 g/mol. The Balaban J connectivity index is 3.29. The fraction of sp³-hybridized carbons (Fsp3) is 0.714. The van der Waals surface area contributed by atoms with E-state index >= 15 is 0 Å². The normalized spacial score (nSPS) is 11.7. The average Bonchev–Trinajstić information content (AvgIpc) is 2.29. The van der Waals surface area contributed by atoms with Crippen molar-refractivity contribution in [2.24, 2.45) is 0 Å². The molecule has 0 aromatic carbocycles. The zero-order valence-electron chi connectivity index (χ0n) is 7.71. The maximum atomic E-state index is 5.05. The number of aromatic nitrogens is 3. The number of nitrogens with zero attached hydrogens (tertiary/aromatic N) is 2. The maximum absolute atomic E-state index is 5.05. The molecule has 0 unspecified atom stereocenters. The van der Waals surface area contributed by atoms with Crippen molar-refractivity contribution in [2.75, 3.05) is 7.11 Å². The quantitative estimate of drug-likeness (QED) is 0.680. The molecule has 0 saturated heterocycles. The van der Waals surface area contributed by atoms with E-state index in [-0.39, 0.29) is 5.54 Å². The maximum Gasteiger partial charge on any atom is 0.316 e. The third kappa shape index (κ3) is 1.50. The summed E-state index contributed by atoms with van der Waals surface area (Å²) in [6, 6.07) is 0.521. The van der Waals surface area contributed by atoms with Gasteiger partial charge >= 0.3 is 6.01 Å². The van der Waals surface area contributed by atoms with Gasteiger partial charge in [-0.05, 0) is 33.0 Å². The molecule has 12 heavy (non-hydrogen) atoms. The summed E-state index contributed by atoms with van der Waals surface area (Å²) in [4.78, 5) is 0. The standard InChI is InChI=1S/C7H13N3OS/c1-7(2,3)10-5(11-4)8-9-6(10)12/h1-4H3,(H,9,12). The molecule has 0 aliphatic rings. The van der Waals surface area contributed by atoms with Crippen LogP contribution in [0.4, 0.5) is 0 Å². The van der Waals surface area contributed by atoms with Crippen molar-refractivity contribution in [3.8, 4) is 6.01 Å². The first-order valence-corrected chi connectivity index (χ1v) is 4.09. The van der Waals surface area contributed by atoms with Crippen LogP contribution in [0, 0.1) is 4.77 Å². The summed E-state index contributed by atoms with van der Waals surface area (Å²) >= 11 is 5.05. The fourth-order valence-electron chi connectivity index (χ4n) is 1.01. The predicted octanol–water partition coefficient (Wildman–Crippen LogP) is 1.70. The highest BCUT2D eigenvalue weighted by Crippen LogP contribution is 2.20. The van der Waals surface area contributed by atoms with Crippen LogP contribution in [0.1, 0.15) is 20.8 Å². The summed E-state index contributed by atoms with van der Waals surface area (Å²) in [6.07, 6.45) is 0. The lowest BCUT2D eigenvalue weighted by Gasteiger charge is -2.20. The minimum atomic E-state index is -0.102. The minimum absolute atomic E-state index is 0.102. The van der Waals surface area contributed by atoms with E-state index in [4.69, 9.17) is 17.0 Å². The highest BCUT2D eigenvalue weighted by molar-refractivity contribution is 7.71. The molecule has 1 rings (SSSR count). The third-order valence-corrected chi connectivity index (χ3v) is 1.77. The van der Waals surface area contributed by atoms with Gasteiger partial charge in [-0.3, -0.25) is 4.57 Å². The van der Waals surface area contributed by atoms with Gasteiger partial charge in [-0.25, -0.2) is 5.10 Å². The third-order valence-electron chi connectivity index (χ3n) is 1.49. The Hall–Kier alpha value is -0.840. The highest BCUT2D eigenvalue weighted by Gasteiger charge is 2.19. The van der Waals surface area contributed by atoms with Gasteiger partial charge in [0, 0.05) is 5.54 Å². The molecule has 0 amide bonds. The minimum Gasteiger partial charge on any atom is -0.467 e. The van der Waals surface area contributed by atoms with Crippen molar-refractivity contribution in [3.05, 3.63) is 4.77 Å². The van der Waals surface area contributed by atoms with Gasteiger partial charge in [-0.15, -0.1) is 5.10 Å². The van der Waals surface area contributed by atoms with Crippen molar-refractivity contribution in [1.82, 2.24) is 14.8 Å². The van der Waals surface area contributed by atoms with Crippen LogP contribution in [-0.4, -0.2) is 21.9 Å². The van der Waals surface area contributed by atoms with Crippen molar-refractivity contribution in [2.45, 2.75) is 26.3 Å². The number of hydrogen-bond acceptors (Lipinski definition) is 3. The van der Waals surface area contributed by atoms with Crippen molar-refractivity contribution in [3.63, 3.8) is 0 Å². The van der Waals surface area contributed by atoms with Crippen molar-refractivity contribution >= 4 is 12.2 Å². The fourth-order valence-corrected chi connectivity index (χ4v) is 1.41. The molecule has 1 heterocycles. The molecule has 1 N–H and O–H groups in total. The van der Waals surface area contributed by atoms with Gasteiger partial charge in [0.1, 0.15) is 0 Å². The van der Waals surface area contributed by atoms with Crippen LogP contribution in [0.3, 0.4) is 0 Å². The van der Waals surface area contributed by atoms with Gasteiger partial charge in [-0.1, -0.05) is 0 Å². The molecular weight excluding hydrogens is 174 g/mol. The number of ether oxygens (including phenoxy) is 1. The number of aromatic amines is 1. The van der Waals surface area contributed by atoms with Gasteiger partial charge < -0.3 is 4.74 Å². The van der Waals surface area contributed by atoms with Crippen LogP contribution in [-0.2, 0) is 5.54 Å². The van der Waals surface area contributed by atoms with E-state index in [1.807, 2.05) is 25.3 Å². The summed E-state index contributed by atoms with van der Waals surface area (Å²) < 4.78 is 7.46. The van der Waals surface area contributed by atoms with Gasteiger partial charge in [0.15, 0.2) is 4.77 Å². The molecule has 4 nitrogen and oxygen atoms in total.